The molecule has 1 N–H and O–H groups in total. The molecule has 1 aliphatic rings. The smallest absolute Gasteiger partial charge is 0.0918 e. The molecule has 1 aliphatic heterocycles. The maximum Gasteiger partial charge on any atom is 0.0918 e. The largest absolute Gasteiger partial charge is 0.396 e. The fourth-order valence-corrected chi connectivity index (χ4v) is 2.80. The zero-order chi connectivity index (χ0) is 12.5. The van der Waals surface area contributed by atoms with Crippen LogP contribution in [0.1, 0.15) is 27.9 Å². The molecule has 0 aliphatic carbocycles. The maximum absolute atomic E-state index is 9.31. The first kappa shape index (κ1) is 11.8. The van der Waals surface area contributed by atoms with E-state index in [4.69, 9.17) is 4.74 Å². The molecule has 18 heavy (non-hydrogen) atoms. The van der Waals surface area contributed by atoms with E-state index in [0.717, 1.165) is 22.0 Å². The standard InChI is InChI=1S/C12H15N3O2S/c1-8-13-10(7-18-8)2-15-3-11-9(4-16)5-17-6-12(11)14-15/h3,7,9,16H,2,4-6H2,1H3. The van der Waals surface area contributed by atoms with Gasteiger partial charge in [-0.3, -0.25) is 4.68 Å². The Hall–Kier alpha value is -1.24. The summed E-state index contributed by atoms with van der Waals surface area (Å²) in [6.45, 7) is 3.89. The van der Waals surface area contributed by atoms with E-state index in [-0.39, 0.29) is 12.5 Å². The van der Waals surface area contributed by atoms with Crippen molar-refractivity contribution in [2.45, 2.75) is 26.0 Å². The van der Waals surface area contributed by atoms with Gasteiger partial charge in [-0.15, -0.1) is 11.3 Å². The first-order valence-corrected chi connectivity index (χ1v) is 6.80. The van der Waals surface area contributed by atoms with E-state index in [1.165, 1.54) is 0 Å². The fourth-order valence-electron chi connectivity index (χ4n) is 2.20. The van der Waals surface area contributed by atoms with Crippen molar-refractivity contribution in [1.82, 2.24) is 14.8 Å². The zero-order valence-corrected chi connectivity index (χ0v) is 11.0. The van der Waals surface area contributed by atoms with Gasteiger partial charge in [0.2, 0.25) is 0 Å². The van der Waals surface area contributed by atoms with Crippen molar-refractivity contribution < 1.29 is 9.84 Å². The van der Waals surface area contributed by atoms with E-state index in [0.29, 0.717) is 19.8 Å². The van der Waals surface area contributed by atoms with Crippen molar-refractivity contribution in [2.75, 3.05) is 13.2 Å². The summed E-state index contributed by atoms with van der Waals surface area (Å²) in [5.41, 5.74) is 3.07. The molecular weight excluding hydrogens is 250 g/mol. The SMILES string of the molecule is Cc1nc(Cn2cc3c(n2)COCC3CO)cs1. The molecule has 0 amide bonds. The minimum absolute atomic E-state index is 0.0553. The molecule has 5 nitrogen and oxygen atoms in total. The maximum atomic E-state index is 9.31. The topological polar surface area (TPSA) is 60.2 Å². The van der Waals surface area contributed by atoms with Crippen molar-refractivity contribution in [3.05, 3.63) is 33.5 Å². The number of rotatable bonds is 3. The van der Waals surface area contributed by atoms with Crippen LogP contribution >= 0.6 is 11.3 Å². The molecular formula is C12H15N3O2S. The Morgan fingerprint density at radius 2 is 2.50 bits per heavy atom. The molecule has 0 radical (unpaired) electrons. The number of hydrogen-bond acceptors (Lipinski definition) is 5. The number of hydrogen-bond donors (Lipinski definition) is 1. The highest BCUT2D eigenvalue weighted by Gasteiger charge is 2.23. The van der Waals surface area contributed by atoms with Crippen molar-refractivity contribution in [3.63, 3.8) is 0 Å². The molecule has 0 aromatic carbocycles. The highest BCUT2D eigenvalue weighted by Crippen LogP contribution is 2.25. The zero-order valence-electron chi connectivity index (χ0n) is 10.2. The van der Waals surface area contributed by atoms with Gasteiger partial charge < -0.3 is 9.84 Å². The molecule has 2 aromatic rings. The summed E-state index contributed by atoms with van der Waals surface area (Å²) in [6, 6.07) is 0. The quantitative estimate of drug-likeness (QED) is 0.909. The predicted molar refractivity (Wildman–Crippen MR) is 67.7 cm³/mol. The van der Waals surface area contributed by atoms with Crippen LogP contribution in [0.2, 0.25) is 0 Å². The Morgan fingerprint density at radius 3 is 3.22 bits per heavy atom. The Labute approximate surface area is 109 Å². The van der Waals surface area contributed by atoms with Gasteiger partial charge in [0, 0.05) is 23.1 Å². The van der Waals surface area contributed by atoms with Crippen LogP contribution in [0.3, 0.4) is 0 Å². The van der Waals surface area contributed by atoms with Gasteiger partial charge in [0.05, 0.1) is 42.8 Å². The van der Waals surface area contributed by atoms with Crippen LogP contribution in [0.5, 0.6) is 0 Å². The van der Waals surface area contributed by atoms with E-state index in [9.17, 15) is 5.11 Å². The summed E-state index contributed by atoms with van der Waals surface area (Å²) in [6.07, 6.45) is 2.01. The molecule has 0 saturated carbocycles. The molecule has 0 bridgehead atoms. The Balaban J connectivity index is 1.84. The highest BCUT2D eigenvalue weighted by molar-refractivity contribution is 7.09. The first-order valence-electron chi connectivity index (χ1n) is 5.92. The van der Waals surface area contributed by atoms with Crippen molar-refractivity contribution >= 4 is 11.3 Å². The lowest BCUT2D eigenvalue weighted by molar-refractivity contribution is 0.0702. The molecule has 3 rings (SSSR count). The summed E-state index contributed by atoms with van der Waals surface area (Å²) in [4.78, 5) is 4.43. The van der Waals surface area contributed by atoms with Crippen molar-refractivity contribution in [2.24, 2.45) is 0 Å². The van der Waals surface area contributed by atoms with Crippen LogP contribution < -0.4 is 0 Å². The number of aliphatic hydroxyl groups excluding tert-OH is 1. The van der Waals surface area contributed by atoms with Gasteiger partial charge in [0.1, 0.15) is 0 Å². The van der Waals surface area contributed by atoms with Crippen LogP contribution in [0.25, 0.3) is 0 Å². The van der Waals surface area contributed by atoms with Gasteiger partial charge in [0.25, 0.3) is 0 Å². The van der Waals surface area contributed by atoms with Crippen LogP contribution in [0, 0.1) is 6.92 Å². The molecule has 2 aromatic heterocycles. The Kier molecular flexibility index (Phi) is 3.15. The molecule has 96 valence electrons. The number of aromatic nitrogens is 3. The van der Waals surface area contributed by atoms with Gasteiger partial charge in [0.15, 0.2) is 0 Å². The number of aliphatic hydroxyl groups is 1. The second-order valence-corrected chi connectivity index (χ2v) is 5.54. The van der Waals surface area contributed by atoms with Gasteiger partial charge >= 0.3 is 0 Å². The van der Waals surface area contributed by atoms with Gasteiger partial charge in [-0.25, -0.2) is 4.98 Å². The summed E-state index contributed by atoms with van der Waals surface area (Å²) in [7, 11) is 0. The van der Waals surface area contributed by atoms with E-state index in [2.05, 4.69) is 15.5 Å². The lowest BCUT2D eigenvalue weighted by Gasteiger charge is -2.19. The number of thiazole rings is 1. The number of aryl methyl sites for hydroxylation is 1. The second-order valence-electron chi connectivity index (χ2n) is 4.48. The molecule has 0 fully saturated rings. The summed E-state index contributed by atoms with van der Waals surface area (Å²) >= 11 is 1.65. The van der Waals surface area contributed by atoms with Gasteiger partial charge in [-0.2, -0.15) is 5.10 Å². The molecule has 6 heteroatoms. The van der Waals surface area contributed by atoms with Crippen molar-refractivity contribution in [1.29, 1.82) is 0 Å². The van der Waals surface area contributed by atoms with Crippen LogP contribution in [-0.2, 0) is 17.9 Å². The monoisotopic (exact) mass is 265 g/mol. The Bertz CT molecular complexity index is 549. The predicted octanol–water partition coefficient (Wildman–Crippen LogP) is 1.30. The fraction of sp³-hybridized carbons (Fsp3) is 0.500. The number of ether oxygens (including phenoxy) is 1. The minimum atomic E-state index is 0.0553. The average Bonchev–Trinajstić information content (AvgIpc) is 2.94. The highest BCUT2D eigenvalue weighted by atomic mass is 32.1. The summed E-state index contributed by atoms with van der Waals surface area (Å²) < 4.78 is 7.30. The normalized spacial score (nSPS) is 18.9. The van der Waals surface area contributed by atoms with Crippen LogP contribution in [-0.4, -0.2) is 33.1 Å². The third kappa shape index (κ3) is 2.19. The second kappa shape index (κ2) is 4.79. The summed E-state index contributed by atoms with van der Waals surface area (Å²) in [5, 5.41) is 16.9. The number of nitrogens with zero attached hydrogens (tertiary/aromatic N) is 3. The minimum Gasteiger partial charge on any atom is -0.396 e. The Morgan fingerprint density at radius 1 is 1.61 bits per heavy atom. The van der Waals surface area contributed by atoms with Crippen LogP contribution in [0.15, 0.2) is 11.6 Å². The van der Waals surface area contributed by atoms with E-state index in [1.54, 1.807) is 11.3 Å². The van der Waals surface area contributed by atoms with Gasteiger partial charge in [-0.1, -0.05) is 0 Å². The molecule has 1 unspecified atom stereocenters. The van der Waals surface area contributed by atoms with Crippen molar-refractivity contribution in [3.8, 4) is 0 Å². The van der Waals surface area contributed by atoms with E-state index >= 15 is 0 Å². The van der Waals surface area contributed by atoms with Crippen LogP contribution in [0.4, 0.5) is 0 Å². The van der Waals surface area contributed by atoms with E-state index < -0.39 is 0 Å². The molecule has 1 atom stereocenters. The average molecular weight is 265 g/mol. The van der Waals surface area contributed by atoms with E-state index in [1.807, 2.05) is 17.8 Å². The van der Waals surface area contributed by atoms with Gasteiger partial charge in [-0.05, 0) is 6.92 Å². The molecule has 0 spiro atoms. The first-order chi connectivity index (χ1) is 8.76. The third-order valence-electron chi connectivity index (χ3n) is 3.08. The molecule has 0 saturated heterocycles. The molecule has 3 heterocycles. The number of fused-ring (bicyclic) bond motifs is 1. The lowest BCUT2D eigenvalue weighted by Crippen LogP contribution is -2.18. The lowest BCUT2D eigenvalue weighted by atomic mass is 10.00. The summed E-state index contributed by atoms with van der Waals surface area (Å²) in [5.74, 6) is 0.0553. The third-order valence-corrected chi connectivity index (χ3v) is 3.90.